The maximum atomic E-state index is 13.7. The zero-order valence-corrected chi connectivity index (χ0v) is 14.8. The third kappa shape index (κ3) is 4.52. The number of hydrogen-bond donors (Lipinski definition) is 1. The molecule has 122 valence electrons. The molecule has 2 aromatic carbocycles. The van der Waals surface area contributed by atoms with Gasteiger partial charge < -0.3 is 10.1 Å². The number of benzene rings is 2. The van der Waals surface area contributed by atoms with Gasteiger partial charge in [0.1, 0.15) is 5.82 Å². The van der Waals surface area contributed by atoms with Crippen LogP contribution in [0.1, 0.15) is 21.5 Å². The first-order valence-electron chi connectivity index (χ1n) is 6.83. The maximum absolute atomic E-state index is 13.7. The smallest absolute Gasteiger partial charge is 0.341 e. The van der Waals surface area contributed by atoms with Crippen molar-refractivity contribution in [3.63, 3.8) is 0 Å². The van der Waals surface area contributed by atoms with E-state index in [2.05, 4.69) is 27.9 Å². The van der Waals surface area contributed by atoms with E-state index in [-0.39, 0.29) is 11.1 Å². The molecule has 0 atom stereocenters. The number of nitriles is 1. The van der Waals surface area contributed by atoms with E-state index in [1.165, 1.54) is 6.07 Å². The summed E-state index contributed by atoms with van der Waals surface area (Å²) in [5.41, 5.74) is 1.25. The van der Waals surface area contributed by atoms with Gasteiger partial charge in [0.15, 0.2) is 6.61 Å². The number of aryl methyl sites for hydroxylation is 1. The second-order valence-corrected chi connectivity index (χ2v) is 6.14. The Morgan fingerprint density at radius 2 is 2.04 bits per heavy atom. The lowest BCUT2D eigenvalue weighted by atomic mass is 10.1. The molecule has 0 radical (unpaired) electrons. The van der Waals surface area contributed by atoms with Gasteiger partial charge >= 0.3 is 5.97 Å². The zero-order valence-electron chi connectivity index (χ0n) is 12.6. The van der Waals surface area contributed by atoms with Crippen LogP contribution in [0.5, 0.6) is 0 Å². The summed E-state index contributed by atoms with van der Waals surface area (Å²) in [6.07, 6.45) is 0. The van der Waals surface area contributed by atoms with Crippen molar-refractivity contribution in [3.05, 3.63) is 62.5 Å². The molecule has 0 fully saturated rings. The first kappa shape index (κ1) is 17.9. The highest BCUT2D eigenvalue weighted by atomic mass is 127. The van der Waals surface area contributed by atoms with Crippen molar-refractivity contribution in [1.82, 2.24) is 0 Å². The standard InChI is InChI=1S/C17H12FIN2O3/c1-10-6-12(19)3-5-15(10)21-16(22)9-24-17(23)13-4-2-11(8-20)7-14(13)18/h2-7H,9H2,1H3,(H,21,22). The normalized spacial score (nSPS) is 9.92. The number of anilines is 1. The molecular weight excluding hydrogens is 426 g/mol. The lowest BCUT2D eigenvalue weighted by Gasteiger charge is -2.09. The van der Waals surface area contributed by atoms with Crippen LogP contribution in [-0.4, -0.2) is 18.5 Å². The van der Waals surface area contributed by atoms with Crippen LogP contribution in [0.2, 0.25) is 0 Å². The lowest BCUT2D eigenvalue weighted by Crippen LogP contribution is -2.21. The van der Waals surface area contributed by atoms with Crippen molar-refractivity contribution in [2.45, 2.75) is 6.92 Å². The molecule has 0 aliphatic carbocycles. The Labute approximate surface area is 151 Å². The van der Waals surface area contributed by atoms with E-state index >= 15 is 0 Å². The summed E-state index contributed by atoms with van der Waals surface area (Å²) in [6.45, 7) is 1.31. The summed E-state index contributed by atoms with van der Waals surface area (Å²) in [6, 6.07) is 10.6. The van der Waals surface area contributed by atoms with E-state index in [0.29, 0.717) is 5.69 Å². The van der Waals surface area contributed by atoms with Crippen molar-refractivity contribution in [3.8, 4) is 6.07 Å². The second-order valence-electron chi connectivity index (χ2n) is 4.89. The second kappa shape index (κ2) is 7.88. The molecule has 1 amide bonds. The van der Waals surface area contributed by atoms with Gasteiger partial charge in [0.05, 0.1) is 17.2 Å². The van der Waals surface area contributed by atoms with E-state index in [4.69, 9.17) is 10.00 Å². The largest absolute Gasteiger partial charge is 0.452 e. The number of carbonyl (C=O) groups is 2. The molecule has 5 nitrogen and oxygen atoms in total. The van der Waals surface area contributed by atoms with Crippen molar-refractivity contribution in [2.75, 3.05) is 11.9 Å². The SMILES string of the molecule is Cc1cc(I)ccc1NC(=O)COC(=O)c1ccc(C#N)cc1F. The Balaban J connectivity index is 1.96. The number of esters is 1. The minimum atomic E-state index is -0.966. The molecule has 0 unspecified atom stereocenters. The summed E-state index contributed by atoms with van der Waals surface area (Å²) < 4.78 is 19.5. The molecule has 0 saturated carbocycles. The van der Waals surface area contributed by atoms with Gasteiger partial charge in [-0.1, -0.05) is 0 Å². The van der Waals surface area contributed by atoms with Gasteiger partial charge in [0.2, 0.25) is 0 Å². The maximum Gasteiger partial charge on any atom is 0.341 e. The zero-order chi connectivity index (χ0) is 17.7. The lowest BCUT2D eigenvalue weighted by molar-refractivity contribution is -0.119. The van der Waals surface area contributed by atoms with Crippen LogP contribution in [0.4, 0.5) is 10.1 Å². The summed E-state index contributed by atoms with van der Waals surface area (Å²) >= 11 is 2.16. The molecule has 2 aromatic rings. The van der Waals surface area contributed by atoms with E-state index in [9.17, 15) is 14.0 Å². The monoisotopic (exact) mass is 438 g/mol. The molecule has 24 heavy (non-hydrogen) atoms. The molecule has 0 aliphatic rings. The van der Waals surface area contributed by atoms with E-state index in [0.717, 1.165) is 21.3 Å². The van der Waals surface area contributed by atoms with E-state index < -0.39 is 24.3 Å². The molecule has 0 bridgehead atoms. The van der Waals surface area contributed by atoms with Crippen LogP contribution < -0.4 is 5.32 Å². The van der Waals surface area contributed by atoms with Gasteiger partial charge in [-0.05, 0) is 71.5 Å². The summed E-state index contributed by atoms with van der Waals surface area (Å²) in [5, 5.41) is 11.3. The average Bonchev–Trinajstić information content (AvgIpc) is 2.55. The van der Waals surface area contributed by atoms with Crippen molar-refractivity contribution < 1.29 is 18.7 Å². The van der Waals surface area contributed by atoms with E-state index in [1.54, 1.807) is 12.1 Å². The highest BCUT2D eigenvalue weighted by Crippen LogP contribution is 2.17. The van der Waals surface area contributed by atoms with Gasteiger partial charge in [-0.25, -0.2) is 9.18 Å². The van der Waals surface area contributed by atoms with Gasteiger partial charge in [0.25, 0.3) is 5.91 Å². The fraction of sp³-hybridized carbons (Fsp3) is 0.118. The number of hydrogen-bond acceptors (Lipinski definition) is 4. The predicted octanol–water partition coefficient (Wildman–Crippen LogP) is 3.41. The first-order valence-corrected chi connectivity index (χ1v) is 7.91. The fourth-order valence-corrected chi connectivity index (χ4v) is 2.56. The summed E-state index contributed by atoms with van der Waals surface area (Å²) in [5.74, 6) is -2.36. The van der Waals surface area contributed by atoms with Crippen LogP contribution in [0.15, 0.2) is 36.4 Å². The van der Waals surface area contributed by atoms with Crippen LogP contribution in [0.25, 0.3) is 0 Å². The number of carbonyl (C=O) groups excluding carboxylic acids is 2. The Kier molecular flexibility index (Phi) is 5.87. The molecule has 0 heterocycles. The Morgan fingerprint density at radius 1 is 1.29 bits per heavy atom. The Morgan fingerprint density at radius 3 is 2.67 bits per heavy atom. The van der Waals surface area contributed by atoms with Gasteiger partial charge in [-0.2, -0.15) is 5.26 Å². The van der Waals surface area contributed by atoms with Gasteiger partial charge in [-0.3, -0.25) is 4.79 Å². The number of nitrogens with one attached hydrogen (secondary N) is 1. The Bertz CT molecular complexity index is 846. The third-order valence-corrected chi connectivity index (χ3v) is 3.79. The van der Waals surface area contributed by atoms with Crippen molar-refractivity contribution >= 4 is 40.2 Å². The molecular formula is C17H12FIN2O3. The molecule has 2 rings (SSSR count). The fourth-order valence-electron chi connectivity index (χ4n) is 1.91. The third-order valence-electron chi connectivity index (χ3n) is 3.11. The number of ether oxygens (including phenoxy) is 1. The van der Waals surface area contributed by atoms with Crippen LogP contribution >= 0.6 is 22.6 Å². The first-order chi connectivity index (χ1) is 11.4. The topological polar surface area (TPSA) is 79.2 Å². The number of rotatable bonds is 4. The van der Waals surface area contributed by atoms with Crippen molar-refractivity contribution in [2.24, 2.45) is 0 Å². The molecule has 0 aromatic heterocycles. The number of nitrogens with zero attached hydrogens (tertiary/aromatic N) is 1. The molecule has 1 N–H and O–H groups in total. The molecule has 0 spiro atoms. The highest BCUT2D eigenvalue weighted by Gasteiger charge is 2.15. The Hall–Kier alpha value is -2.47. The summed E-state index contributed by atoms with van der Waals surface area (Å²) in [4.78, 5) is 23.7. The van der Waals surface area contributed by atoms with Gasteiger partial charge in [-0.15, -0.1) is 0 Å². The predicted molar refractivity (Wildman–Crippen MR) is 93.9 cm³/mol. The summed E-state index contributed by atoms with van der Waals surface area (Å²) in [7, 11) is 0. The molecule has 0 saturated heterocycles. The minimum Gasteiger partial charge on any atom is -0.452 e. The van der Waals surface area contributed by atoms with Crippen molar-refractivity contribution in [1.29, 1.82) is 5.26 Å². The highest BCUT2D eigenvalue weighted by molar-refractivity contribution is 14.1. The molecule has 7 heteroatoms. The molecule has 0 aliphatic heterocycles. The number of halogens is 2. The minimum absolute atomic E-state index is 0.0935. The van der Waals surface area contributed by atoms with Gasteiger partial charge in [0, 0.05) is 9.26 Å². The van der Waals surface area contributed by atoms with Crippen LogP contribution in [0, 0.1) is 27.6 Å². The quantitative estimate of drug-likeness (QED) is 0.587. The van der Waals surface area contributed by atoms with Crippen LogP contribution in [-0.2, 0) is 9.53 Å². The van der Waals surface area contributed by atoms with Crippen LogP contribution in [0.3, 0.4) is 0 Å². The number of amides is 1. The average molecular weight is 438 g/mol. The van der Waals surface area contributed by atoms with E-state index in [1.807, 2.05) is 19.1 Å².